The van der Waals surface area contributed by atoms with E-state index in [2.05, 4.69) is 5.32 Å². The van der Waals surface area contributed by atoms with Gasteiger partial charge in [-0.1, -0.05) is 0 Å². The maximum Gasteiger partial charge on any atom is 0.414 e. The number of piperidine rings is 1. The van der Waals surface area contributed by atoms with E-state index in [0.29, 0.717) is 50.8 Å². The minimum Gasteiger partial charge on any atom is -0.442 e. The Morgan fingerprint density at radius 1 is 1.38 bits per heavy atom. The predicted molar refractivity (Wildman–Crippen MR) is 112 cm³/mol. The fourth-order valence-corrected chi connectivity index (χ4v) is 3.62. The number of benzene rings is 1. The molecule has 1 amide bonds. The molecule has 1 aromatic rings. The second-order valence-electron chi connectivity index (χ2n) is 7.05. The SMILES string of the molecule is COCCOC1CCN(c2ccc(N3C[C@H](CNC(N)=S)OC3=O)cc2F)CC1. The van der Waals surface area contributed by atoms with Gasteiger partial charge in [0.25, 0.3) is 0 Å². The molecule has 0 aromatic heterocycles. The van der Waals surface area contributed by atoms with E-state index in [0.717, 1.165) is 12.8 Å². The van der Waals surface area contributed by atoms with Gasteiger partial charge in [0, 0.05) is 20.2 Å². The summed E-state index contributed by atoms with van der Waals surface area (Å²) in [6.07, 6.45) is 0.932. The van der Waals surface area contributed by atoms with E-state index in [1.54, 1.807) is 19.2 Å². The Balaban J connectivity index is 1.57. The lowest BCUT2D eigenvalue weighted by Gasteiger charge is -2.34. The fraction of sp³-hybridized carbons (Fsp3) is 0.579. The fourth-order valence-electron chi connectivity index (χ4n) is 3.53. The quantitative estimate of drug-likeness (QED) is 0.479. The first-order chi connectivity index (χ1) is 14.0. The van der Waals surface area contributed by atoms with Crippen LogP contribution in [-0.4, -0.2) is 69.9 Å². The molecule has 1 atom stereocenters. The van der Waals surface area contributed by atoms with Crippen LogP contribution in [0.15, 0.2) is 18.2 Å². The first-order valence-electron chi connectivity index (χ1n) is 9.64. The van der Waals surface area contributed by atoms with Crippen LogP contribution in [0.3, 0.4) is 0 Å². The van der Waals surface area contributed by atoms with E-state index in [1.807, 2.05) is 4.90 Å². The smallest absolute Gasteiger partial charge is 0.414 e. The number of ether oxygens (including phenoxy) is 3. The Morgan fingerprint density at radius 3 is 2.79 bits per heavy atom. The van der Waals surface area contributed by atoms with Crippen LogP contribution in [-0.2, 0) is 14.2 Å². The zero-order valence-corrected chi connectivity index (χ0v) is 17.3. The summed E-state index contributed by atoms with van der Waals surface area (Å²) in [6, 6.07) is 4.83. The van der Waals surface area contributed by atoms with Crippen molar-refractivity contribution in [2.45, 2.75) is 25.0 Å². The van der Waals surface area contributed by atoms with Gasteiger partial charge in [-0.15, -0.1) is 0 Å². The second-order valence-corrected chi connectivity index (χ2v) is 7.49. The van der Waals surface area contributed by atoms with Crippen molar-refractivity contribution in [3.8, 4) is 0 Å². The number of nitrogens with two attached hydrogens (primary N) is 1. The number of hydrogen-bond donors (Lipinski definition) is 2. The van der Waals surface area contributed by atoms with Crippen LogP contribution in [0.1, 0.15) is 12.8 Å². The Morgan fingerprint density at radius 2 is 2.14 bits per heavy atom. The van der Waals surface area contributed by atoms with Crippen molar-refractivity contribution in [2.75, 3.05) is 56.3 Å². The van der Waals surface area contributed by atoms with Crippen molar-refractivity contribution in [1.82, 2.24) is 5.32 Å². The van der Waals surface area contributed by atoms with Gasteiger partial charge in [-0.25, -0.2) is 9.18 Å². The third kappa shape index (κ3) is 5.68. The first kappa shape index (κ1) is 21.5. The highest BCUT2D eigenvalue weighted by Crippen LogP contribution is 2.29. The van der Waals surface area contributed by atoms with E-state index in [9.17, 15) is 9.18 Å². The Bertz CT molecular complexity index is 730. The Labute approximate surface area is 175 Å². The summed E-state index contributed by atoms with van der Waals surface area (Å²) in [7, 11) is 1.65. The Kier molecular flexibility index (Phi) is 7.45. The number of thiocarbonyl (C=S) groups is 1. The highest BCUT2D eigenvalue weighted by atomic mass is 32.1. The van der Waals surface area contributed by atoms with Crippen molar-refractivity contribution < 1.29 is 23.4 Å². The van der Waals surface area contributed by atoms with Crippen LogP contribution in [0.25, 0.3) is 0 Å². The molecule has 0 unspecified atom stereocenters. The minimum absolute atomic E-state index is 0.141. The number of nitrogens with zero attached hydrogens (tertiary/aromatic N) is 2. The first-order valence-corrected chi connectivity index (χ1v) is 10.0. The maximum absolute atomic E-state index is 14.8. The molecular weight excluding hydrogens is 399 g/mol. The third-order valence-electron chi connectivity index (χ3n) is 5.04. The van der Waals surface area contributed by atoms with Crippen LogP contribution in [0.5, 0.6) is 0 Å². The van der Waals surface area contributed by atoms with Crippen LogP contribution < -0.4 is 20.9 Å². The summed E-state index contributed by atoms with van der Waals surface area (Å²) >= 11 is 4.75. The average Bonchev–Trinajstić information content (AvgIpc) is 3.08. The van der Waals surface area contributed by atoms with Crippen molar-refractivity contribution >= 4 is 34.8 Å². The molecular formula is C19H27FN4O4S. The number of cyclic esters (lactones) is 1. The number of hydrogen-bond acceptors (Lipinski definition) is 6. The van der Waals surface area contributed by atoms with E-state index >= 15 is 0 Å². The summed E-state index contributed by atoms with van der Waals surface area (Å²) in [5.74, 6) is -0.362. The summed E-state index contributed by atoms with van der Waals surface area (Å²) in [6.45, 7) is 3.20. The summed E-state index contributed by atoms with van der Waals surface area (Å²) in [5.41, 5.74) is 6.39. The number of anilines is 2. The molecule has 2 aliphatic heterocycles. The molecule has 29 heavy (non-hydrogen) atoms. The van der Waals surface area contributed by atoms with Crippen LogP contribution in [0.2, 0.25) is 0 Å². The van der Waals surface area contributed by atoms with Gasteiger partial charge in [-0.05, 0) is 43.3 Å². The summed E-state index contributed by atoms with van der Waals surface area (Å²) in [5, 5.41) is 2.91. The van der Waals surface area contributed by atoms with Gasteiger partial charge in [0.1, 0.15) is 11.9 Å². The van der Waals surface area contributed by atoms with E-state index < -0.39 is 12.2 Å². The molecule has 3 rings (SSSR count). The van der Waals surface area contributed by atoms with Gasteiger partial charge in [-0.3, -0.25) is 4.90 Å². The van der Waals surface area contributed by atoms with Gasteiger partial charge < -0.3 is 30.2 Å². The molecule has 160 valence electrons. The largest absolute Gasteiger partial charge is 0.442 e. The number of nitrogens with one attached hydrogen (secondary N) is 1. The monoisotopic (exact) mass is 426 g/mol. The lowest BCUT2D eigenvalue weighted by atomic mass is 10.1. The molecule has 2 aliphatic rings. The van der Waals surface area contributed by atoms with Crippen molar-refractivity contribution in [1.29, 1.82) is 0 Å². The minimum atomic E-state index is -0.513. The summed E-state index contributed by atoms with van der Waals surface area (Å²) in [4.78, 5) is 15.5. The molecule has 1 aromatic carbocycles. The average molecular weight is 427 g/mol. The molecule has 0 bridgehead atoms. The number of amides is 1. The highest BCUT2D eigenvalue weighted by Gasteiger charge is 2.33. The highest BCUT2D eigenvalue weighted by molar-refractivity contribution is 7.80. The topological polar surface area (TPSA) is 89.3 Å². The van der Waals surface area contributed by atoms with Crippen molar-refractivity contribution in [3.63, 3.8) is 0 Å². The maximum atomic E-state index is 14.8. The van der Waals surface area contributed by atoms with Gasteiger partial charge in [0.2, 0.25) is 0 Å². The molecule has 0 aliphatic carbocycles. The molecule has 10 heteroatoms. The molecule has 2 fully saturated rings. The number of rotatable bonds is 8. The zero-order chi connectivity index (χ0) is 20.8. The Hall–Kier alpha value is -2.17. The van der Waals surface area contributed by atoms with E-state index in [1.165, 1.54) is 11.0 Å². The molecule has 0 saturated carbocycles. The number of carbonyl (C=O) groups is 1. The van der Waals surface area contributed by atoms with Gasteiger partial charge in [0.05, 0.1) is 43.8 Å². The number of carbonyl (C=O) groups excluding carboxylic acids is 1. The van der Waals surface area contributed by atoms with Crippen LogP contribution in [0, 0.1) is 5.82 Å². The van der Waals surface area contributed by atoms with Crippen molar-refractivity contribution in [2.24, 2.45) is 5.73 Å². The molecule has 0 radical (unpaired) electrons. The zero-order valence-electron chi connectivity index (χ0n) is 16.4. The van der Waals surface area contributed by atoms with Crippen molar-refractivity contribution in [3.05, 3.63) is 24.0 Å². The van der Waals surface area contributed by atoms with Gasteiger partial charge in [-0.2, -0.15) is 0 Å². The summed E-state index contributed by atoms with van der Waals surface area (Å²) < 4.78 is 30.8. The van der Waals surface area contributed by atoms with Crippen LogP contribution in [0.4, 0.5) is 20.6 Å². The van der Waals surface area contributed by atoms with E-state index in [4.69, 9.17) is 32.2 Å². The molecule has 0 spiro atoms. The molecule has 2 heterocycles. The third-order valence-corrected chi connectivity index (χ3v) is 5.19. The van der Waals surface area contributed by atoms with Gasteiger partial charge >= 0.3 is 6.09 Å². The number of halogens is 1. The second kappa shape index (κ2) is 10.0. The molecule has 2 saturated heterocycles. The molecule has 3 N–H and O–H groups in total. The van der Waals surface area contributed by atoms with Crippen LogP contribution >= 0.6 is 12.2 Å². The lowest BCUT2D eigenvalue weighted by Crippen LogP contribution is -2.38. The lowest BCUT2D eigenvalue weighted by molar-refractivity contribution is 0.00605. The normalized spacial score (nSPS) is 20.1. The van der Waals surface area contributed by atoms with Gasteiger partial charge in [0.15, 0.2) is 5.11 Å². The standard InChI is InChI=1S/C19H27FN4O4S/c1-26-8-9-27-14-4-6-23(7-5-14)17-3-2-13(10-16(17)20)24-12-15(28-19(24)25)11-22-18(21)29/h2-3,10,14-15H,4-9,11-12H2,1H3,(H3,21,22,29)/t15-/m0/s1. The number of methoxy groups -OCH3 is 1. The van der Waals surface area contributed by atoms with E-state index in [-0.39, 0.29) is 17.0 Å². The predicted octanol–water partition coefficient (Wildman–Crippen LogP) is 1.62. The molecule has 8 nitrogen and oxygen atoms in total.